The van der Waals surface area contributed by atoms with Gasteiger partial charge in [0.25, 0.3) is 11.9 Å². The number of tetrazole rings is 1. The topological polar surface area (TPSA) is 92.8 Å². The van der Waals surface area contributed by atoms with Crippen molar-refractivity contribution < 1.29 is 9.53 Å². The second-order valence-corrected chi connectivity index (χ2v) is 3.94. The van der Waals surface area contributed by atoms with Crippen LogP contribution in [0.15, 0.2) is 30.3 Å². The molecule has 1 aromatic carbocycles. The number of ether oxygens (including phenoxy) is 1. The van der Waals surface area contributed by atoms with Gasteiger partial charge in [0.15, 0.2) is 0 Å². The number of aromatic amines is 1. The molecule has 2 N–H and O–H groups in total. The maximum atomic E-state index is 11.6. The first kappa shape index (κ1) is 13.7. The first-order chi connectivity index (χ1) is 9.79. The Morgan fingerprint density at radius 1 is 1.45 bits per heavy atom. The minimum absolute atomic E-state index is 0.134. The highest BCUT2D eigenvalue weighted by Crippen LogP contribution is 2.19. The van der Waals surface area contributed by atoms with E-state index in [1.807, 2.05) is 31.2 Å². The fourth-order valence-corrected chi connectivity index (χ4v) is 1.49. The number of rotatable bonds is 6. The molecule has 1 amide bonds. The molecule has 0 atom stereocenters. The van der Waals surface area contributed by atoms with Crippen LogP contribution in [-0.2, 0) is 4.79 Å². The second-order valence-electron chi connectivity index (χ2n) is 3.94. The summed E-state index contributed by atoms with van der Waals surface area (Å²) in [5, 5.41) is 15.3. The summed E-state index contributed by atoms with van der Waals surface area (Å²) in [6.07, 6.45) is 4.00. The van der Waals surface area contributed by atoms with Gasteiger partial charge in [-0.3, -0.25) is 10.1 Å². The van der Waals surface area contributed by atoms with E-state index >= 15 is 0 Å². The van der Waals surface area contributed by atoms with Crippen molar-refractivity contribution >= 4 is 17.9 Å². The van der Waals surface area contributed by atoms with E-state index in [1.54, 1.807) is 6.08 Å². The van der Waals surface area contributed by atoms with Gasteiger partial charge in [0.2, 0.25) is 0 Å². The molecule has 0 fully saturated rings. The summed E-state index contributed by atoms with van der Waals surface area (Å²) in [6, 6.07) is 7.52. The zero-order valence-electron chi connectivity index (χ0n) is 11.0. The minimum atomic E-state index is -0.336. The van der Waals surface area contributed by atoms with Gasteiger partial charge in [0, 0.05) is 11.6 Å². The smallest absolute Gasteiger partial charge is 0.270 e. The lowest BCUT2D eigenvalue weighted by Crippen LogP contribution is -2.09. The number of benzene rings is 1. The van der Waals surface area contributed by atoms with Crippen LogP contribution < -0.4 is 10.1 Å². The number of hydrogen-bond acceptors (Lipinski definition) is 5. The van der Waals surface area contributed by atoms with Gasteiger partial charge in [0.05, 0.1) is 6.61 Å². The van der Waals surface area contributed by atoms with E-state index in [0.29, 0.717) is 6.61 Å². The van der Waals surface area contributed by atoms with Crippen molar-refractivity contribution in [2.75, 3.05) is 11.9 Å². The van der Waals surface area contributed by atoms with Crippen LogP contribution in [0.2, 0.25) is 0 Å². The number of aromatic nitrogens is 4. The van der Waals surface area contributed by atoms with Crippen LogP contribution in [-0.4, -0.2) is 33.1 Å². The van der Waals surface area contributed by atoms with Crippen molar-refractivity contribution in [2.24, 2.45) is 0 Å². The van der Waals surface area contributed by atoms with Crippen LogP contribution in [0, 0.1) is 0 Å². The van der Waals surface area contributed by atoms with Gasteiger partial charge in [0.1, 0.15) is 5.75 Å². The van der Waals surface area contributed by atoms with Crippen molar-refractivity contribution in [1.29, 1.82) is 0 Å². The van der Waals surface area contributed by atoms with Crippen molar-refractivity contribution in [1.82, 2.24) is 20.6 Å². The van der Waals surface area contributed by atoms with Gasteiger partial charge >= 0.3 is 0 Å². The second kappa shape index (κ2) is 7.03. The first-order valence-corrected chi connectivity index (χ1v) is 6.24. The predicted molar refractivity (Wildman–Crippen MR) is 74.1 cm³/mol. The summed E-state index contributed by atoms with van der Waals surface area (Å²) in [5.74, 6) is 0.546. The van der Waals surface area contributed by atoms with Crippen molar-refractivity contribution in [3.05, 3.63) is 35.9 Å². The van der Waals surface area contributed by atoms with Gasteiger partial charge in [-0.1, -0.05) is 30.2 Å². The van der Waals surface area contributed by atoms with Crippen LogP contribution in [0.4, 0.5) is 5.95 Å². The van der Waals surface area contributed by atoms with E-state index in [1.165, 1.54) is 6.08 Å². The minimum Gasteiger partial charge on any atom is -0.493 e. The number of hydrogen-bond donors (Lipinski definition) is 2. The highest BCUT2D eigenvalue weighted by Gasteiger charge is 2.03. The Labute approximate surface area is 116 Å². The van der Waals surface area contributed by atoms with E-state index in [9.17, 15) is 4.79 Å². The lowest BCUT2D eigenvalue weighted by molar-refractivity contribution is -0.111. The Balaban J connectivity index is 2.01. The van der Waals surface area contributed by atoms with E-state index in [2.05, 4.69) is 25.9 Å². The maximum absolute atomic E-state index is 11.6. The fraction of sp³-hybridized carbons (Fsp3) is 0.231. The number of amides is 1. The van der Waals surface area contributed by atoms with E-state index in [0.717, 1.165) is 17.7 Å². The highest BCUT2D eigenvalue weighted by atomic mass is 16.5. The molecule has 0 unspecified atom stereocenters. The number of carbonyl (C=O) groups excluding carboxylic acids is 1. The lowest BCUT2D eigenvalue weighted by Gasteiger charge is -2.07. The van der Waals surface area contributed by atoms with E-state index in [-0.39, 0.29) is 11.9 Å². The molecule has 0 radical (unpaired) electrons. The molecule has 7 nitrogen and oxygen atoms in total. The van der Waals surface area contributed by atoms with Crippen molar-refractivity contribution in [3.63, 3.8) is 0 Å². The third-order valence-corrected chi connectivity index (χ3v) is 2.38. The summed E-state index contributed by atoms with van der Waals surface area (Å²) in [7, 11) is 0. The Kier molecular flexibility index (Phi) is 4.82. The molecule has 0 saturated carbocycles. The molecule has 1 aromatic heterocycles. The molecule has 1 heterocycles. The molecule has 20 heavy (non-hydrogen) atoms. The molecule has 0 saturated heterocycles. The lowest BCUT2D eigenvalue weighted by atomic mass is 10.2. The number of H-pyrrole nitrogens is 1. The van der Waals surface area contributed by atoms with Crippen LogP contribution in [0.3, 0.4) is 0 Å². The van der Waals surface area contributed by atoms with Gasteiger partial charge in [-0.05, 0) is 23.8 Å². The Bertz CT molecular complexity index is 580. The molecule has 0 bridgehead atoms. The SMILES string of the molecule is CCCOc1ccccc1/C=C/C(=O)Nc1nn[nH]n1. The van der Waals surface area contributed by atoms with Crippen LogP contribution >= 0.6 is 0 Å². The molecule has 2 aromatic rings. The average Bonchev–Trinajstić information content (AvgIpc) is 2.96. The largest absolute Gasteiger partial charge is 0.493 e. The average molecular weight is 273 g/mol. The zero-order valence-corrected chi connectivity index (χ0v) is 11.0. The Morgan fingerprint density at radius 2 is 2.30 bits per heavy atom. The number of nitrogens with zero attached hydrogens (tertiary/aromatic N) is 3. The monoisotopic (exact) mass is 273 g/mol. The van der Waals surface area contributed by atoms with E-state index < -0.39 is 0 Å². The predicted octanol–water partition coefficient (Wildman–Crippen LogP) is 1.64. The zero-order chi connectivity index (χ0) is 14.2. The molecular formula is C13H15N5O2. The van der Waals surface area contributed by atoms with Crippen LogP contribution in [0.25, 0.3) is 6.08 Å². The normalized spacial score (nSPS) is 10.7. The summed E-state index contributed by atoms with van der Waals surface area (Å²) >= 11 is 0. The standard InChI is InChI=1S/C13H15N5O2/c1-2-9-20-11-6-4-3-5-10(11)7-8-12(19)14-13-15-17-18-16-13/h3-8H,2,9H2,1H3,(H2,14,15,16,17,18,19)/b8-7+. The number of nitrogens with one attached hydrogen (secondary N) is 2. The van der Waals surface area contributed by atoms with Crippen molar-refractivity contribution in [3.8, 4) is 5.75 Å². The fourth-order valence-electron chi connectivity index (χ4n) is 1.49. The van der Waals surface area contributed by atoms with Gasteiger partial charge in [-0.15, -0.1) is 5.10 Å². The molecule has 0 aliphatic heterocycles. The van der Waals surface area contributed by atoms with Crippen molar-refractivity contribution in [2.45, 2.75) is 13.3 Å². The maximum Gasteiger partial charge on any atom is 0.270 e. The number of para-hydroxylation sites is 1. The molecule has 0 spiro atoms. The molecular weight excluding hydrogens is 258 g/mol. The Hall–Kier alpha value is -2.70. The van der Waals surface area contributed by atoms with Gasteiger partial charge in [-0.25, -0.2) is 0 Å². The van der Waals surface area contributed by atoms with Gasteiger partial charge in [-0.2, -0.15) is 5.21 Å². The summed E-state index contributed by atoms with van der Waals surface area (Å²) in [6.45, 7) is 2.68. The third-order valence-electron chi connectivity index (χ3n) is 2.38. The van der Waals surface area contributed by atoms with Gasteiger partial charge < -0.3 is 4.74 Å². The molecule has 0 aliphatic carbocycles. The molecule has 104 valence electrons. The molecule has 2 rings (SSSR count). The van der Waals surface area contributed by atoms with Crippen LogP contribution in [0.1, 0.15) is 18.9 Å². The highest BCUT2D eigenvalue weighted by molar-refractivity contribution is 6.01. The summed E-state index contributed by atoms with van der Waals surface area (Å²) in [5.41, 5.74) is 0.837. The Morgan fingerprint density at radius 3 is 3.05 bits per heavy atom. The molecule has 0 aliphatic rings. The summed E-state index contributed by atoms with van der Waals surface area (Å²) in [4.78, 5) is 11.6. The van der Waals surface area contributed by atoms with E-state index in [4.69, 9.17) is 4.74 Å². The summed E-state index contributed by atoms with van der Waals surface area (Å²) < 4.78 is 5.60. The number of anilines is 1. The molecule has 7 heteroatoms. The number of carbonyl (C=O) groups is 1. The van der Waals surface area contributed by atoms with Crippen LogP contribution in [0.5, 0.6) is 5.75 Å². The first-order valence-electron chi connectivity index (χ1n) is 6.24. The third kappa shape index (κ3) is 3.91. The quantitative estimate of drug-likeness (QED) is 0.780.